The van der Waals surface area contributed by atoms with Crippen LogP contribution in [0.25, 0.3) is 11.0 Å². The highest BCUT2D eigenvalue weighted by atomic mass is 16.5. The molecule has 2 unspecified atom stereocenters. The van der Waals surface area contributed by atoms with E-state index in [1.54, 1.807) is 6.07 Å². The van der Waals surface area contributed by atoms with E-state index in [0.717, 1.165) is 36.1 Å². The van der Waals surface area contributed by atoms with E-state index < -0.39 is 29.7 Å². The van der Waals surface area contributed by atoms with E-state index in [1.807, 2.05) is 26.0 Å². The Balaban J connectivity index is 1.46. The van der Waals surface area contributed by atoms with Crippen LogP contribution >= 0.6 is 0 Å². The summed E-state index contributed by atoms with van der Waals surface area (Å²) in [6.45, 7) is 3.34. The van der Waals surface area contributed by atoms with Crippen molar-refractivity contribution in [2.24, 2.45) is 5.92 Å². The lowest BCUT2D eigenvalue weighted by molar-refractivity contribution is -0.149. The summed E-state index contributed by atoms with van der Waals surface area (Å²) in [7, 11) is 0. The number of imide groups is 1. The molecule has 1 N–H and O–H groups in total. The summed E-state index contributed by atoms with van der Waals surface area (Å²) in [6.07, 6.45) is 4.11. The fourth-order valence-electron chi connectivity index (χ4n) is 4.59. The Morgan fingerprint density at radius 2 is 2.06 bits per heavy atom. The van der Waals surface area contributed by atoms with Crippen LogP contribution in [-0.2, 0) is 27.4 Å². The van der Waals surface area contributed by atoms with E-state index >= 15 is 0 Å². The van der Waals surface area contributed by atoms with Crippen LogP contribution < -0.4 is 10.9 Å². The summed E-state index contributed by atoms with van der Waals surface area (Å²) >= 11 is 0. The molecule has 8 nitrogen and oxygen atoms in total. The van der Waals surface area contributed by atoms with E-state index in [4.69, 9.17) is 9.15 Å². The minimum absolute atomic E-state index is 0.0154. The topological polar surface area (TPSA) is 106 Å². The molecule has 1 aromatic heterocycles. The van der Waals surface area contributed by atoms with Crippen molar-refractivity contribution in [2.75, 3.05) is 6.54 Å². The molecule has 1 aliphatic heterocycles. The van der Waals surface area contributed by atoms with Crippen molar-refractivity contribution < 1.29 is 23.5 Å². The lowest BCUT2D eigenvalue weighted by Crippen LogP contribution is -2.54. The van der Waals surface area contributed by atoms with Gasteiger partial charge in [0.2, 0.25) is 0 Å². The van der Waals surface area contributed by atoms with Gasteiger partial charge in [0.25, 0.3) is 5.91 Å². The number of aryl methyl sites for hydroxylation is 1. The molecular formula is C23H26N2O6. The van der Waals surface area contributed by atoms with Crippen LogP contribution in [0, 0.1) is 5.92 Å². The first kappa shape index (κ1) is 21.1. The molecule has 164 valence electrons. The van der Waals surface area contributed by atoms with Crippen molar-refractivity contribution in [3.63, 3.8) is 0 Å². The molecule has 2 fully saturated rings. The number of rotatable bonds is 5. The smallest absolute Gasteiger partial charge is 0.336 e. The Hall–Kier alpha value is -3.16. The number of urea groups is 1. The molecule has 0 bridgehead atoms. The van der Waals surface area contributed by atoms with Crippen LogP contribution in [-0.4, -0.2) is 34.9 Å². The molecule has 2 aromatic rings. The number of benzene rings is 1. The fourth-order valence-corrected chi connectivity index (χ4v) is 4.59. The highest BCUT2D eigenvalue weighted by Gasteiger charge is 2.55. The van der Waals surface area contributed by atoms with E-state index in [1.165, 1.54) is 6.07 Å². The van der Waals surface area contributed by atoms with Gasteiger partial charge in [-0.25, -0.2) is 9.59 Å². The number of amides is 3. The number of carbonyl (C=O) groups excluding carboxylic acids is 3. The third-order valence-electron chi connectivity index (χ3n) is 6.48. The number of esters is 1. The summed E-state index contributed by atoms with van der Waals surface area (Å²) < 4.78 is 10.6. The summed E-state index contributed by atoms with van der Waals surface area (Å²) in [5.74, 6) is -1.06. The Labute approximate surface area is 179 Å². The third kappa shape index (κ3) is 3.82. The van der Waals surface area contributed by atoms with E-state index in [0.29, 0.717) is 23.0 Å². The predicted molar refractivity (Wildman–Crippen MR) is 112 cm³/mol. The van der Waals surface area contributed by atoms with Gasteiger partial charge < -0.3 is 14.5 Å². The van der Waals surface area contributed by atoms with Gasteiger partial charge in [0.05, 0.1) is 0 Å². The number of hydrogen-bond acceptors (Lipinski definition) is 6. The second-order valence-electron chi connectivity index (χ2n) is 8.38. The molecule has 2 aliphatic rings. The maximum Gasteiger partial charge on any atom is 0.336 e. The SMILES string of the molecule is CCc1ccc2c(COC(=O)CN3C(=O)NC4(CCCCC4C)C3=O)cc(=O)oc2c1. The van der Waals surface area contributed by atoms with Gasteiger partial charge in [-0.1, -0.05) is 38.8 Å². The second kappa shape index (κ2) is 8.17. The summed E-state index contributed by atoms with van der Waals surface area (Å²) in [6, 6.07) is 6.26. The molecule has 1 aliphatic carbocycles. The maximum atomic E-state index is 13.0. The highest BCUT2D eigenvalue weighted by molar-refractivity contribution is 6.09. The van der Waals surface area contributed by atoms with E-state index in [2.05, 4.69) is 5.32 Å². The summed E-state index contributed by atoms with van der Waals surface area (Å²) in [4.78, 5) is 50.7. The van der Waals surface area contributed by atoms with Gasteiger partial charge >= 0.3 is 17.6 Å². The molecule has 8 heteroatoms. The summed E-state index contributed by atoms with van der Waals surface area (Å²) in [5.41, 5.74) is 0.515. The molecular weight excluding hydrogens is 400 g/mol. The largest absolute Gasteiger partial charge is 0.459 e. The van der Waals surface area contributed by atoms with Gasteiger partial charge in [0.1, 0.15) is 24.3 Å². The van der Waals surface area contributed by atoms with Crippen LogP contribution in [0.4, 0.5) is 4.79 Å². The second-order valence-corrected chi connectivity index (χ2v) is 8.38. The Kier molecular flexibility index (Phi) is 5.56. The van der Waals surface area contributed by atoms with E-state index in [9.17, 15) is 19.2 Å². The number of ether oxygens (including phenoxy) is 1. The minimum Gasteiger partial charge on any atom is -0.459 e. The zero-order valence-electron chi connectivity index (χ0n) is 17.7. The van der Waals surface area contributed by atoms with Crippen molar-refractivity contribution in [2.45, 2.75) is 58.1 Å². The molecule has 1 saturated carbocycles. The quantitative estimate of drug-likeness (QED) is 0.448. The zero-order chi connectivity index (χ0) is 22.2. The molecule has 1 aromatic carbocycles. The van der Waals surface area contributed by atoms with Gasteiger partial charge in [-0.2, -0.15) is 0 Å². The molecule has 3 amide bonds. The summed E-state index contributed by atoms with van der Waals surface area (Å²) in [5, 5.41) is 3.49. The number of nitrogens with one attached hydrogen (secondary N) is 1. The number of hydrogen-bond donors (Lipinski definition) is 1. The Morgan fingerprint density at radius 1 is 1.26 bits per heavy atom. The normalized spacial score (nSPS) is 23.4. The number of carbonyl (C=O) groups is 3. The van der Waals surface area contributed by atoms with Gasteiger partial charge in [-0.3, -0.25) is 14.5 Å². The van der Waals surface area contributed by atoms with Gasteiger partial charge in [0.15, 0.2) is 0 Å². The first-order valence-corrected chi connectivity index (χ1v) is 10.7. The predicted octanol–water partition coefficient (Wildman–Crippen LogP) is 2.90. The van der Waals surface area contributed by atoms with Gasteiger partial charge in [0, 0.05) is 17.0 Å². The fraction of sp³-hybridized carbons (Fsp3) is 0.478. The van der Waals surface area contributed by atoms with E-state index in [-0.39, 0.29) is 18.4 Å². The highest BCUT2D eigenvalue weighted by Crippen LogP contribution is 2.38. The molecule has 31 heavy (non-hydrogen) atoms. The van der Waals surface area contributed by atoms with Crippen LogP contribution in [0.5, 0.6) is 0 Å². The first-order chi connectivity index (χ1) is 14.8. The van der Waals surface area contributed by atoms with Gasteiger partial charge in [-0.15, -0.1) is 0 Å². The third-order valence-corrected chi connectivity index (χ3v) is 6.48. The van der Waals surface area contributed by atoms with Crippen LogP contribution in [0.3, 0.4) is 0 Å². The number of fused-ring (bicyclic) bond motifs is 1. The Bertz CT molecular complexity index is 1110. The zero-order valence-corrected chi connectivity index (χ0v) is 17.7. The van der Waals surface area contributed by atoms with Gasteiger partial charge in [-0.05, 0) is 36.8 Å². The average Bonchev–Trinajstić information content (AvgIpc) is 2.98. The molecule has 2 heterocycles. The van der Waals surface area contributed by atoms with Crippen LogP contribution in [0.2, 0.25) is 0 Å². The molecule has 1 spiro atoms. The van der Waals surface area contributed by atoms with Crippen molar-refractivity contribution in [3.05, 3.63) is 45.8 Å². The average molecular weight is 426 g/mol. The monoisotopic (exact) mass is 426 g/mol. The molecule has 0 radical (unpaired) electrons. The van der Waals surface area contributed by atoms with Crippen molar-refractivity contribution in [1.29, 1.82) is 0 Å². The standard InChI is InChI=1S/C23H26N2O6/c1-3-15-7-8-17-16(11-19(26)31-18(17)10-15)13-30-20(27)12-25-21(28)23(24-22(25)29)9-5-4-6-14(23)2/h7-8,10-11,14H,3-6,9,12-13H2,1-2H3,(H,24,29). The molecule has 4 rings (SSSR count). The van der Waals surface area contributed by atoms with Crippen LogP contribution in [0.1, 0.15) is 50.7 Å². The minimum atomic E-state index is -0.915. The maximum absolute atomic E-state index is 13.0. The number of nitrogens with zero attached hydrogens (tertiary/aromatic N) is 1. The Morgan fingerprint density at radius 3 is 2.81 bits per heavy atom. The molecule has 2 atom stereocenters. The van der Waals surface area contributed by atoms with Crippen molar-refractivity contribution in [1.82, 2.24) is 10.2 Å². The lowest BCUT2D eigenvalue weighted by Gasteiger charge is -2.36. The van der Waals surface area contributed by atoms with Crippen molar-refractivity contribution >= 4 is 28.9 Å². The molecule has 1 saturated heterocycles. The van der Waals surface area contributed by atoms with Crippen LogP contribution in [0.15, 0.2) is 33.5 Å². The first-order valence-electron chi connectivity index (χ1n) is 10.7. The lowest BCUT2D eigenvalue weighted by atomic mass is 9.73. The van der Waals surface area contributed by atoms with Crippen molar-refractivity contribution in [3.8, 4) is 0 Å².